The minimum atomic E-state index is -0.289. The van der Waals surface area contributed by atoms with Gasteiger partial charge in [0.05, 0.1) is 21.3 Å². The maximum atomic E-state index is 12.9. The molecule has 0 saturated heterocycles. The molecule has 3 rings (SSSR count). The summed E-state index contributed by atoms with van der Waals surface area (Å²) in [6.07, 6.45) is 2.10. The summed E-state index contributed by atoms with van der Waals surface area (Å²) in [7, 11) is 4.53. The summed E-state index contributed by atoms with van der Waals surface area (Å²) in [5.74, 6) is 1.65. The van der Waals surface area contributed by atoms with Gasteiger partial charge in [-0.15, -0.1) is 0 Å². The third kappa shape index (κ3) is 4.93. The number of carbonyl (C=O) groups excluding carboxylic acids is 2. The molecule has 7 heteroatoms. The average molecular weight is 427 g/mol. The summed E-state index contributed by atoms with van der Waals surface area (Å²) in [6.45, 7) is 5.01. The third-order valence-corrected chi connectivity index (χ3v) is 5.39. The summed E-state index contributed by atoms with van der Waals surface area (Å²) >= 11 is 0. The van der Waals surface area contributed by atoms with Crippen molar-refractivity contribution in [1.82, 2.24) is 0 Å². The van der Waals surface area contributed by atoms with Crippen molar-refractivity contribution >= 4 is 23.2 Å². The van der Waals surface area contributed by atoms with Gasteiger partial charge in [0.15, 0.2) is 11.5 Å². The molecule has 31 heavy (non-hydrogen) atoms. The molecule has 0 bridgehead atoms. The molecule has 0 spiro atoms. The highest BCUT2D eigenvalue weighted by Gasteiger charge is 2.24. The van der Waals surface area contributed by atoms with Crippen LogP contribution in [0, 0.1) is 5.92 Å². The van der Waals surface area contributed by atoms with E-state index in [-0.39, 0.29) is 11.8 Å². The van der Waals surface area contributed by atoms with E-state index >= 15 is 0 Å². The minimum Gasteiger partial charge on any atom is -0.493 e. The molecule has 0 aliphatic carbocycles. The maximum absolute atomic E-state index is 12.9. The first-order valence-corrected chi connectivity index (χ1v) is 10.4. The predicted molar refractivity (Wildman–Crippen MR) is 121 cm³/mol. The van der Waals surface area contributed by atoms with Crippen LogP contribution >= 0.6 is 0 Å². The molecule has 0 fully saturated rings. The molecule has 0 aromatic heterocycles. The van der Waals surface area contributed by atoms with E-state index in [0.29, 0.717) is 53.8 Å². The van der Waals surface area contributed by atoms with Crippen LogP contribution in [-0.4, -0.2) is 39.7 Å². The predicted octanol–water partition coefficient (Wildman–Crippen LogP) is 4.29. The van der Waals surface area contributed by atoms with Crippen molar-refractivity contribution in [3.63, 3.8) is 0 Å². The van der Waals surface area contributed by atoms with Gasteiger partial charge < -0.3 is 24.4 Å². The second kappa shape index (κ2) is 9.73. The van der Waals surface area contributed by atoms with Crippen molar-refractivity contribution < 1.29 is 23.8 Å². The van der Waals surface area contributed by atoms with Gasteiger partial charge in [-0.3, -0.25) is 9.59 Å². The molecular weight excluding hydrogens is 396 g/mol. The summed E-state index contributed by atoms with van der Waals surface area (Å²) in [6, 6.07) is 8.91. The van der Waals surface area contributed by atoms with E-state index in [1.807, 2.05) is 23.1 Å². The molecule has 1 heterocycles. The number of nitrogens with one attached hydrogen (secondary N) is 1. The highest BCUT2D eigenvalue weighted by molar-refractivity contribution is 6.05. The van der Waals surface area contributed by atoms with Crippen LogP contribution < -0.4 is 24.4 Å². The first kappa shape index (κ1) is 22.5. The molecule has 7 nitrogen and oxygen atoms in total. The van der Waals surface area contributed by atoms with Gasteiger partial charge in [-0.2, -0.15) is 0 Å². The molecular formula is C24H30N2O5. The molecule has 0 unspecified atom stereocenters. The van der Waals surface area contributed by atoms with Gasteiger partial charge in [0, 0.05) is 29.9 Å². The second-order valence-corrected chi connectivity index (χ2v) is 7.94. The zero-order valence-electron chi connectivity index (χ0n) is 18.8. The Labute approximate surface area is 183 Å². The number of fused-ring (bicyclic) bond motifs is 1. The van der Waals surface area contributed by atoms with Crippen molar-refractivity contribution in [2.75, 3.05) is 38.1 Å². The smallest absolute Gasteiger partial charge is 0.255 e. The molecule has 2 aromatic rings. The van der Waals surface area contributed by atoms with E-state index in [4.69, 9.17) is 14.2 Å². The number of rotatable bonds is 8. The lowest BCUT2D eigenvalue weighted by Gasteiger charge is -2.30. The summed E-state index contributed by atoms with van der Waals surface area (Å²) in [4.78, 5) is 27.2. The lowest BCUT2D eigenvalue weighted by Crippen LogP contribution is -2.36. The Morgan fingerprint density at radius 3 is 2.29 bits per heavy atom. The molecule has 166 valence electrons. The van der Waals surface area contributed by atoms with Crippen LogP contribution in [0.25, 0.3) is 0 Å². The molecule has 1 N–H and O–H groups in total. The first-order chi connectivity index (χ1) is 14.9. The highest BCUT2D eigenvalue weighted by atomic mass is 16.5. The lowest BCUT2D eigenvalue weighted by molar-refractivity contribution is -0.118. The summed E-state index contributed by atoms with van der Waals surface area (Å²) < 4.78 is 16.0. The van der Waals surface area contributed by atoms with E-state index in [1.54, 1.807) is 12.1 Å². The number of aryl methyl sites for hydroxylation is 1. The van der Waals surface area contributed by atoms with E-state index in [1.165, 1.54) is 21.3 Å². The Morgan fingerprint density at radius 1 is 1.03 bits per heavy atom. The van der Waals surface area contributed by atoms with Gasteiger partial charge >= 0.3 is 0 Å². The van der Waals surface area contributed by atoms with Crippen LogP contribution in [0.5, 0.6) is 17.2 Å². The number of hydrogen-bond acceptors (Lipinski definition) is 5. The van der Waals surface area contributed by atoms with E-state index in [9.17, 15) is 9.59 Å². The fraction of sp³-hybridized carbons (Fsp3) is 0.417. The average Bonchev–Trinajstić information content (AvgIpc) is 2.77. The Kier molecular flexibility index (Phi) is 7.05. The number of ether oxygens (including phenoxy) is 3. The Bertz CT molecular complexity index is 945. The molecule has 0 saturated carbocycles. The Balaban J connectivity index is 1.83. The summed E-state index contributed by atoms with van der Waals surface area (Å²) in [5, 5.41) is 2.93. The molecule has 0 atom stereocenters. The monoisotopic (exact) mass is 426 g/mol. The van der Waals surface area contributed by atoms with Crippen LogP contribution in [-0.2, 0) is 11.2 Å². The van der Waals surface area contributed by atoms with Crippen molar-refractivity contribution in [3.8, 4) is 17.2 Å². The zero-order chi connectivity index (χ0) is 22.5. The van der Waals surface area contributed by atoms with Gasteiger partial charge in [-0.25, -0.2) is 0 Å². The fourth-order valence-electron chi connectivity index (χ4n) is 3.69. The van der Waals surface area contributed by atoms with Crippen LogP contribution in [0.3, 0.4) is 0 Å². The molecule has 2 aromatic carbocycles. The highest BCUT2D eigenvalue weighted by Crippen LogP contribution is 2.38. The normalized spacial score (nSPS) is 13.1. The van der Waals surface area contributed by atoms with Crippen LogP contribution in [0.1, 0.15) is 42.6 Å². The minimum absolute atomic E-state index is 0.155. The van der Waals surface area contributed by atoms with Gasteiger partial charge in [0.2, 0.25) is 11.7 Å². The zero-order valence-corrected chi connectivity index (χ0v) is 18.8. The van der Waals surface area contributed by atoms with Crippen LogP contribution in [0.2, 0.25) is 0 Å². The number of benzene rings is 2. The van der Waals surface area contributed by atoms with Gasteiger partial charge in [-0.05, 0) is 54.7 Å². The van der Waals surface area contributed by atoms with Crippen molar-refractivity contribution in [2.24, 2.45) is 5.92 Å². The first-order valence-electron chi connectivity index (χ1n) is 10.4. The largest absolute Gasteiger partial charge is 0.493 e. The molecule has 1 aliphatic heterocycles. The number of amides is 2. The molecule has 0 radical (unpaired) electrons. The topological polar surface area (TPSA) is 77.1 Å². The maximum Gasteiger partial charge on any atom is 0.255 e. The standard InChI is InChI=1S/C24H30N2O5/c1-15(2)10-11-26-19-8-7-18(12-16(19)6-9-22(26)27)25-24(28)17-13-20(29-3)23(31-5)21(14-17)30-4/h7-8,12-15H,6,9-11H2,1-5H3,(H,25,28). The van der Waals surface area contributed by atoms with Crippen LogP contribution in [0.15, 0.2) is 30.3 Å². The van der Waals surface area contributed by atoms with E-state index in [0.717, 1.165) is 17.7 Å². The fourth-order valence-corrected chi connectivity index (χ4v) is 3.69. The van der Waals surface area contributed by atoms with Gasteiger partial charge in [0.25, 0.3) is 5.91 Å². The summed E-state index contributed by atoms with van der Waals surface area (Å²) in [5.41, 5.74) is 3.06. The number of carbonyl (C=O) groups is 2. The quantitative estimate of drug-likeness (QED) is 0.681. The van der Waals surface area contributed by atoms with E-state index in [2.05, 4.69) is 19.2 Å². The number of methoxy groups -OCH3 is 3. The second-order valence-electron chi connectivity index (χ2n) is 7.94. The Morgan fingerprint density at radius 2 is 1.71 bits per heavy atom. The van der Waals surface area contributed by atoms with Gasteiger partial charge in [-0.1, -0.05) is 13.8 Å². The van der Waals surface area contributed by atoms with Crippen molar-refractivity contribution in [1.29, 1.82) is 0 Å². The molecule has 1 aliphatic rings. The van der Waals surface area contributed by atoms with E-state index < -0.39 is 0 Å². The van der Waals surface area contributed by atoms with Crippen molar-refractivity contribution in [3.05, 3.63) is 41.5 Å². The Hall–Kier alpha value is -3.22. The number of hydrogen-bond donors (Lipinski definition) is 1. The van der Waals surface area contributed by atoms with Crippen LogP contribution in [0.4, 0.5) is 11.4 Å². The molecule has 2 amide bonds. The van der Waals surface area contributed by atoms with Gasteiger partial charge in [0.1, 0.15) is 0 Å². The number of anilines is 2. The van der Waals surface area contributed by atoms with Crippen molar-refractivity contribution in [2.45, 2.75) is 33.1 Å². The SMILES string of the molecule is COc1cc(C(=O)Nc2ccc3c(c2)CCC(=O)N3CCC(C)C)cc(OC)c1OC. The lowest BCUT2D eigenvalue weighted by atomic mass is 9.99. The number of nitrogens with zero attached hydrogens (tertiary/aromatic N) is 1. The third-order valence-electron chi connectivity index (χ3n) is 5.39.